The van der Waals surface area contributed by atoms with E-state index in [-0.39, 0.29) is 0 Å². The Bertz CT molecular complexity index is 444. The zero-order valence-corrected chi connectivity index (χ0v) is 10.6. The number of aromatic nitrogens is 1. The van der Waals surface area contributed by atoms with E-state index in [4.69, 9.17) is 5.26 Å². The molecule has 0 aromatic carbocycles. The number of nitrogens with zero attached hydrogens (tertiary/aromatic N) is 2. The van der Waals surface area contributed by atoms with E-state index >= 15 is 0 Å². The predicted molar refractivity (Wildman–Crippen MR) is 68.1 cm³/mol. The van der Waals surface area contributed by atoms with Crippen molar-refractivity contribution in [2.24, 2.45) is 5.41 Å². The number of nitrogens with one attached hydrogen (secondary N) is 1. The highest BCUT2D eigenvalue weighted by Gasteiger charge is 2.34. The first-order valence-corrected chi connectivity index (χ1v) is 5.91. The number of aliphatic carboxylic acids is 1. The molecule has 0 aliphatic heterocycles. The summed E-state index contributed by atoms with van der Waals surface area (Å²) in [5, 5.41) is 21.0. The molecule has 0 saturated heterocycles. The average molecular weight is 247 g/mol. The zero-order valence-electron chi connectivity index (χ0n) is 10.6. The topological polar surface area (TPSA) is 86.0 Å². The molecule has 2 N–H and O–H groups in total. The van der Waals surface area contributed by atoms with Crippen LogP contribution in [0.15, 0.2) is 18.3 Å². The number of pyridine rings is 1. The van der Waals surface area contributed by atoms with Crippen LogP contribution in [0.1, 0.15) is 32.4 Å². The standard InChI is InChI=1S/C13H17N3O2/c1-3-13(4-2,12(17)18)9-16-11-6-5-10(7-14)15-8-11/h5-6,8,16H,3-4,9H2,1-2H3,(H,17,18). The number of carboxylic acids is 1. The summed E-state index contributed by atoms with van der Waals surface area (Å²) in [6.07, 6.45) is 2.67. The maximum Gasteiger partial charge on any atom is 0.311 e. The molecule has 0 amide bonds. The molecule has 96 valence electrons. The van der Waals surface area contributed by atoms with Gasteiger partial charge in [-0.1, -0.05) is 13.8 Å². The molecule has 0 fully saturated rings. The van der Waals surface area contributed by atoms with E-state index < -0.39 is 11.4 Å². The van der Waals surface area contributed by atoms with E-state index in [9.17, 15) is 9.90 Å². The largest absolute Gasteiger partial charge is 0.481 e. The number of nitriles is 1. The second-order valence-corrected chi connectivity index (χ2v) is 4.19. The fourth-order valence-corrected chi connectivity index (χ4v) is 1.71. The van der Waals surface area contributed by atoms with Gasteiger partial charge in [-0.05, 0) is 25.0 Å². The second-order valence-electron chi connectivity index (χ2n) is 4.19. The summed E-state index contributed by atoms with van der Waals surface area (Å²) < 4.78 is 0. The molecule has 0 saturated carbocycles. The van der Waals surface area contributed by atoms with Crippen molar-refractivity contribution >= 4 is 11.7 Å². The first kappa shape index (κ1) is 14.0. The molecule has 0 unspecified atom stereocenters. The van der Waals surface area contributed by atoms with Crippen molar-refractivity contribution in [3.05, 3.63) is 24.0 Å². The van der Waals surface area contributed by atoms with E-state index in [0.29, 0.717) is 25.1 Å². The highest BCUT2D eigenvalue weighted by molar-refractivity contribution is 5.75. The number of rotatable bonds is 6. The summed E-state index contributed by atoms with van der Waals surface area (Å²) in [7, 11) is 0. The Morgan fingerprint density at radius 1 is 1.50 bits per heavy atom. The molecule has 0 aliphatic rings. The van der Waals surface area contributed by atoms with Gasteiger partial charge in [0.2, 0.25) is 0 Å². The van der Waals surface area contributed by atoms with E-state index in [1.165, 1.54) is 6.20 Å². The van der Waals surface area contributed by atoms with Crippen molar-refractivity contribution in [1.29, 1.82) is 5.26 Å². The Balaban J connectivity index is 2.73. The molecule has 1 aromatic rings. The third kappa shape index (κ3) is 2.98. The predicted octanol–water partition coefficient (Wildman–Crippen LogP) is 2.26. The monoisotopic (exact) mass is 247 g/mol. The Kier molecular flexibility index (Phi) is 4.67. The van der Waals surface area contributed by atoms with Crippen molar-refractivity contribution in [3.63, 3.8) is 0 Å². The lowest BCUT2D eigenvalue weighted by Gasteiger charge is -2.27. The number of carboxylic acid groups (broad SMARTS) is 1. The van der Waals surface area contributed by atoms with Gasteiger partial charge in [-0.15, -0.1) is 0 Å². The Hall–Kier alpha value is -2.09. The lowest BCUT2D eigenvalue weighted by atomic mass is 9.82. The molecule has 5 heteroatoms. The third-order valence-corrected chi connectivity index (χ3v) is 3.32. The minimum absolute atomic E-state index is 0.344. The van der Waals surface area contributed by atoms with Crippen LogP contribution in [-0.2, 0) is 4.79 Å². The molecule has 18 heavy (non-hydrogen) atoms. The summed E-state index contributed by atoms with van der Waals surface area (Å²) in [5.74, 6) is -0.790. The van der Waals surface area contributed by atoms with Gasteiger partial charge in [-0.2, -0.15) is 5.26 Å². The first-order chi connectivity index (χ1) is 8.57. The molecule has 1 rings (SSSR count). The highest BCUT2D eigenvalue weighted by atomic mass is 16.4. The van der Waals surface area contributed by atoms with E-state index in [0.717, 1.165) is 5.69 Å². The normalized spacial score (nSPS) is 10.7. The van der Waals surface area contributed by atoms with Gasteiger partial charge in [-0.3, -0.25) is 4.79 Å². The van der Waals surface area contributed by atoms with Crippen LogP contribution in [0, 0.1) is 16.7 Å². The molecule has 0 bridgehead atoms. The molecule has 0 atom stereocenters. The minimum atomic E-state index is -0.790. The van der Waals surface area contributed by atoms with Gasteiger partial charge in [0.05, 0.1) is 17.3 Å². The van der Waals surface area contributed by atoms with Crippen molar-refractivity contribution in [3.8, 4) is 6.07 Å². The molecule has 0 spiro atoms. The van der Waals surface area contributed by atoms with Gasteiger partial charge in [-0.25, -0.2) is 4.98 Å². The van der Waals surface area contributed by atoms with Gasteiger partial charge in [0.15, 0.2) is 0 Å². The lowest BCUT2D eigenvalue weighted by Crippen LogP contribution is -2.36. The molecule has 0 aliphatic carbocycles. The highest BCUT2D eigenvalue weighted by Crippen LogP contribution is 2.27. The van der Waals surface area contributed by atoms with E-state index in [2.05, 4.69) is 10.3 Å². The van der Waals surface area contributed by atoms with Crippen LogP contribution in [0.4, 0.5) is 5.69 Å². The van der Waals surface area contributed by atoms with Crippen LogP contribution >= 0.6 is 0 Å². The summed E-state index contributed by atoms with van der Waals surface area (Å²) >= 11 is 0. The van der Waals surface area contributed by atoms with Gasteiger partial charge < -0.3 is 10.4 Å². The molecule has 5 nitrogen and oxygen atoms in total. The fraction of sp³-hybridized carbons (Fsp3) is 0.462. The Labute approximate surface area is 106 Å². The molecule has 1 heterocycles. The maximum absolute atomic E-state index is 11.3. The van der Waals surface area contributed by atoms with E-state index in [1.54, 1.807) is 12.1 Å². The number of hydrogen-bond donors (Lipinski definition) is 2. The van der Waals surface area contributed by atoms with Gasteiger partial charge in [0, 0.05) is 6.54 Å². The van der Waals surface area contributed by atoms with Gasteiger partial charge in [0.1, 0.15) is 11.8 Å². The number of hydrogen-bond acceptors (Lipinski definition) is 4. The number of anilines is 1. The summed E-state index contributed by atoms with van der Waals surface area (Å²) in [4.78, 5) is 15.2. The van der Waals surface area contributed by atoms with Crippen LogP contribution in [0.5, 0.6) is 0 Å². The van der Waals surface area contributed by atoms with Crippen LogP contribution in [0.25, 0.3) is 0 Å². The second kappa shape index (κ2) is 6.01. The molecule has 0 radical (unpaired) electrons. The summed E-state index contributed by atoms with van der Waals surface area (Å²) in [6.45, 7) is 4.09. The number of carbonyl (C=O) groups is 1. The van der Waals surface area contributed by atoms with Gasteiger partial charge in [0.25, 0.3) is 0 Å². The van der Waals surface area contributed by atoms with Crippen LogP contribution in [-0.4, -0.2) is 22.6 Å². The van der Waals surface area contributed by atoms with Gasteiger partial charge >= 0.3 is 5.97 Å². The SMILES string of the molecule is CCC(CC)(CNc1ccc(C#N)nc1)C(=O)O. The lowest BCUT2D eigenvalue weighted by molar-refractivity contribution is -0.148. The van der Waals surface area contributed by atoms with Crippen molar-refractivity contribution in [2.75, 3.05) is 11.9 Å². The Morgan fingerprint density at radius 3 is 2.56 bits per heavy atom. The first-order valence-electron chi connectivity index (χ1n) is 5.91. The molecule has 1 aromatic heterocycles. The van der Waals surface area contributed by atoms with Crippen molar-refractivity contribution in [1.82, 2.24) is 4.98 Å². The minimum Gasteiger partial charge on any atom is -0.481 e. The Morgan fingerprint density at radius 2 is 2.17 bits per heavy atom. The van der Waals surface area contributed by atoms with Crippen LogP contribution in [0.3, 0.4) is 0 Å². The maximum atomic E-state index is 11.3. The zero-order chi connectivity index (χ0) is 13.6. The third-order valence-electron chi connectivity index (χ3n) is 3.32. The fourth-order valence-electron chi connectivity index (χ4n) is 1.71. The molecular formula is C13H17N3O2. The quantitative estimate of drug-likeness (QED) is 0.805. The van der Waals surface area contributed by atoms with Crippen molar-refractivity contribution < 1.29 is 9.90 Å². The van der Waals surface area contributed by atoms with Crippen LogP contribution in [0.2, 0.25) is 0 Å². The summed E-state index contributed by atoms with van der Waals surface area (Å²) in [5.41, 5.74) is 0.311. The van der Waals surface area contributed by atoms with Crippen molar-refractivity contribution in [2.45, 2.75) is 26.7 Å². The van der Waals surface area contributed by atoms with Crippen LogP contribution < -0.4 is 5.32 Å². The smallest absolute Gasteiger partial charge is 0.311 e. The molecular weight excluding hydrogens is 230 g/mol. The summed E-state index contributed by atoms with van der Waals surface area (Å²) in [6, 6.07) is 5.26. The van der Waals surface area contributed by atoms with E-state index in [1.807, 2.05) is 19.9 Å². The average Bonchev–Trinajstić information content (AvgIpc) is 2.41.